The molecular formula is C20H21NO4. The van der Waals surface area contributed by atoms with Crippen LogP contribution >= 0.6 is 0 Å². The molecule has 3 rings (SSSR count). The molecule has 2 aromatic carbocycles. The molecule has 2 aromatic rings. The normalized spacial score (nSPS) is 17.3. The average molecular weight is 339 g/mol. The smallest absolute Gasteiger partial charge is 0.335 e. The lowest BCUT2D eigenvalue weighted by atomic mass is 10.0. The van der Waals surface area contributed by atoms with E-state index in [4.69, 9.17) is 9.84 Å². The van der Waals surface area contributed by atoms with Gasteiger partial charge in [0.05, 0.1) is 25.1 Å². The summed E-state index contributed by atoms with van der Waals surface area (Å²) < 4.78 is 5.85. The quantitative estimate of drug-likeness (QED) is 0.930. The average Bonchev–Trinajstić information content (AvgIpc) is 2.62. The Morgan fingerprint density at radius 1 is 1.20 bits per heavy atom. The summed E-state index contributed by atoms with van der Waals surface area (Å²) in [5.41, 5.74) is 3.16. The fraction of sp³-hybridized carbons (Fsp3) is 0.300. The molecule has 130 valence electrons. The number of aryl methyl sites for hydroxylation is 1. The van der Waals surface area contributed by atoms with Crippen LogP contribution in [-0.4, -0.2) is 41.6 Å². The van der Waals surface area contributed by atoms with E-state index in [-0.39, 0.29) is 24.0 Å². The Kier molecular flexibility index (Phi) is 5.14. The van der Waals surface area contributed by atoms with Gasteiger partial charge in [0, 0.05) is 6.54 Å². The van der Waals surface area contributed by atoms with Crippen molar-refractivity contribution in [1.29, 1.82) is 0 Å². The van der Waals surface area contributed by atoms with Crippen molar-refractivity contribution in [1.82, 2.24) is 4.90 Å². The van der Waals surface area contributed by atoms with Gasteiger partial charge in [-0.25, -0.2) is 4.79 Å². The second-order valence-electron chi connectivity index (χ2n) is 6.24. The van der Waals surface area contributed by atoms with Crippen molar-refractivity contribution < 1.29 is 19.4 Å². The molecule has 0 radical (unpaired) electrons. The summed E-state index contributed by atoms with van der Waals surface area (Å²) in [7, 11) is 0. The van der Waals surface area contributed by atoms with Gasteiger partial charge in [0.1, 0.15) is 6.10 Å². The predicted molar refractivity (Wildman–Crippen MR) is 93.6 cm³/mol. The number of carboxylic acids is 1. The number of rotatable bonds is 4. The lowest BCUT2D eigenvalue weighted by Crippen LogP contribution is -2.43. The van der Waals surface area contributed by atoms with Crippen molar-refractivity contribution in [2.24, 2.45) is 0 Å². The number of carbonyl (C=O) groups is 2. The number of carboxylic acid groups (broad SMARTS) is 1. The Labute approximate surface area is 146 Å². The monoisotopic (exact) mass is 339 g/mol. The van der Waals surface area contributed by atoms with Gasteiger partial charge >= 0.3 is 5.97 Å². The Bertz CT molecular complexity index is 787. The fourth-order valence-corrected chi connectivity index (χ4v) is 3.11. The highest BCUT2D eigenvalue weighted by Gasteiger charge is 2.26. The van der Waals surface area contributed by atoms with Gasteiger partial charge < -0.3 is 14.7 Å². The molecule has 0 aromatic heterocycles. The number of benzene rings is 2. The van der Waals surface area contributed by atoms with Gasteiger partial charge in [-0.2, -0.15) is 0 Å². The van der Waals surface area contributed by atoms with Crippen LogP contribution in [0.4, 0.5) is 0 Å². The Morgan fingerprint density at radius 3 is 2.76 bits per heavy atom. The van der Waals surface area contributed by atoms with Gasteiger partial charge in [0.2, 0.25) is 5.91 Å². The van der Waals surface area contributed by atoms with Crippen LogP contribution in [0, 0.1) is 6.92 Å². The maximum Gasteiger partial charge on any atom is 0.335 e. The lowest BCUT2D eigenvalue weighted by Gasteiger charge is -2.34. The van der Waals surface area contributed by atoms with Gasteiger partial charge in [0.15, 0.2) is 0 Å². The van der Waals surface area contributed by atoms with Gasteiger partial charge in [-0.15, -0.1) is 0 Å². The van der Waals surface area contributed by atoms with Crippen LogP contribution in [0.2, 0.25) is 0 Å². The topological polar surface area (TPSA) is 66.8 Å². The molecule has 1 saturated heterocycles. The first-order chi connectivity index (χ1) is 12.0. The summed E-state index contributed by atoms with van der Waals surface area (Å²) in [6.07, 6.45) is 0.0750. The second kappa shape index (κ2) is 7.49. The van der Waals surface area contributed by atoms with E-state index in [9.17, 15) is 9.59 Å². The van der Waals surface area contributed by atoms with E-state index in [0.717, 1.165) is 11.1 Å². The number of amides is 1. The summed E-state index contributed by atoms with van der Waals surface area (Å²) in [6.45, 7) is 3.61. The standard InChI is InChI=1S/C20H21NO4/c1-14-5-2-3-8-17(14)18-13-21(9-10-25-18)19(22)12-15-6-4-7-16(11-15)20(23)24/h2-8,11,18H,9-10,12-13H2,1H3,(H,23,24). The van der Waals surface area contributed by atoms with Crippen LogP contribution in [0.25, 0.3) is 0 Å². The van der Waals surface area contributed by atoms with E-state index in [2.05, 4.69) is 0 Å². The van der Waals surface area contributed by atoms with Gasteiger partial charge in [-0.05, 0) is 35.7 Å². The van der Waals surface area contributed by atoms with E-state index in [1.54, 1.807) is 23.1 Å². The first-order valence-electron chi connectivity index (χ1n) is 8.32. The molecule has 0 bridgehead atoms. The van der Waals surface area contributed by atoms with Crippen LogP contribution in [0.1, 0.15) is 33.2 Å². The predicted octanol–water partition coefficient (Wildman–Crippen LogP) is 2.84. The first-order valence-corrected chi connectivity index (χ1v) is 8.32. The largest absolute Gasteiger partial charge is 0.478 e. The maximum atomic E-state index is 12.6. The van der Waals surface area contributed by atoms with Crippen molar-refractivity contribution in [3.8, 4) is 0 Å². The third kappa shape index (κ3) is 4.06. The number of nitrogens with zero attached hydrogens (tertiary/aromatic N) is 1. The number of hydrogen-bond acceptors (Lipinski definition) is 3. The highest BCUT2D eigenvalue weighted by atomic mass is 16.5. The zero-order valence-corrected chi connectivity index (χ0v) is 14.1. The minimum absolute atomic E-state index is 0.00979. The number of carbonyl (C=O) groups excluding carboxylic acids is 1. The maximum absolute atomic E-state index is 12.6. The minimum Gasteiger partial charge on any atom is -0.478 e. The molecule has 1 atom stereocenters. The van der Waals surface area contributed by atoms with Crippen LogP contribution in [0.3, 0.4) is 0 Å². The Morgan fingerprint density at radius 2 is 2.00 bits per heavy atom. The molecule has 1 heterocycles. The Balaban J connectivity index is 1.69. The molecule has 1 unspecified atom stereocenters. The molecule has 1 fully saturated rings. The van der Waals surface area contributed by atoms with Crippen molar-refractivity contribution in [2.75, 3.05) is 19.7 Å². The highest BCUT2D eigenvalue weighted by molar-refractivity contribution is 5.88. The molecule has 0 saturated carbocycles. The molecule has 5 nitrogen and oxygen atoms in total. The van der Waals surface area contributed by atoms with Gasteiger partial charge in [0.25, 0.3) is 0 Å². The second-order valence-corrected chi connectivity index (χ2v) is 6.24. The molecule has 1 N–H and O–H groups in total. The van der Waals surface area contributed by atoms with E-state index in [1.807, 2.05) is 31.2 Å². The third-order valence-corrected chi connectivity index (χ3v) is 4.48. The zero-order valence-electron chi connectivity index (χ0n) is 14.1. The minimum atomic E-state index is -0.986. The van der Waals surface area contributed by atoms with E-state index < -0.39 is 5.97 Å². The molecule has 1 amide bonds. The van der Waals surface area contributed by atoms with E-state index >= 15 is 0 Å². The first kappa shape index (κ1) is 17.2. The number of ether oxygens (including phenoxy) is 1. The fourth-order valence-electron chi connectivity index (χ4n) is 3.11. The summed E-state index contributed by atoms with van der Waals surface area (Å²) in [6, 6.07) is 14.6. The molecule has 1 aliphatic heterocycles. The summed E-state index contributed by atoms with van der Waals surface area (Å²) >= 11 is 0. The molecule has 0 aliphatic carbocycles. The Hall–Kier alpha value is -2.66. The highest BCUT2D eigenvalue weighted by Crippen LogP contribution is 2.25. The number of hydrogen-bond donors (Lipinski definition) is 1. The van der Waals surface area contributed by atoms with Gasteiger partial charge in [-0.1, -0.05) is 36.4 Å². The van der Waals surface area contributed by atoms with Crippen molar-refractivity contribution in [2.45, 2.75) is 19.4 Å². The molecule has 1 aliphatic rings. The summed E-state index contributed by atoms with van der Waals surface area (Å²) in [4.78, 5) is 25.5. The summed E-state index contributed by atoms with van der Waals surface area (Å²) in [5.74, 6) is -0.996. The van der Waals surface area contributed by atoms with E-state index in [0.29, 0.717) is 25.3 Å². The molecule has 5 heteroatoms. The van der Waals surface area contributed by atoms with Crippen LogP contribution in [0.5, 0.6) is 0 Å². The lowest BCUT2D eigenvalue weighted by molar-refractivity contribution is -0.138. The number of morpholine rings is 1. The number of aromatic carboxylic acids is 1. The van der Waals surface area contributed by atoms with Crippen molar-refractivity contribution in [3.05, 3.63) is 70.8 Å². The molecular weight excluding hydrogens is 318 g/mol. The van der Waals surface area contributed by atoms with Crippen LogP contribution in [0.15, 0.2) is 48.5 Å². The van der Waals surface area contributed by atoms with Gasteiger partial charge in [-0.3, -0.25) is 4.79 Å². The molecule has 0 spiro atoms. The zero-order chi connectivity index (χ0) is 17.8. The van der Waals surface area contributed by atoms with E-state index in [1.165, 1.54) is 6.07 Å². The van der Waals surface area contributed by atoms with Crippen LogP contribution in [-0.2, 0) is 16.0 Å². The van der Waals surface area contributed by atoms with Crippen LogP contribution < -0.4 is 0 Å². The molecule has 25 heavy (non-hydrogen) atoms. The third-order valence-electron chi connectivity index (χ3n) is 4.48. The van der Waals surface area contributed by atoms with Crippen molar-refractivity contribution >= 4 is 11.9 Å². The summed E-state index contributed by atoms with van der Waals surface area (Å²) in [5, 5.41) is 9.07. The van der Waals surface area contributed by atoms with Crippen molar-refractivity contribution in [3.63, 3.8) is 0 Å². The SMILES string of the molecule is Cc1ccccc1C1CN(C(=O)Cc2cccc(C(=O)O)c2)CCO1.